The lowest BCUT2D eigenvalue weighted by molar-refractivity contribution is 0.242. The summed E-state index contributed by atoms with van der Waals surface area (Å²) < 4.78 is 6.03. The molecule has 0 radical (unpaired) electrons. The Balaban J connectivity index is 1.52. The third-order valence-electron chi connectivity index (χ3n) is 6.88. The van der Waals surface area contributed by atoms with E-state index in [0.717, 1.165) is 48.6 Å². The Hall–Kier alpha value is -3.69. The third kappa shape index (κ3) is 4.28. The standard InChI is InChI=1S/C32H30N2O/c1-22(2)35-26-13-8-12-25(19-26)32-29-21-34(20-23-9-4-3-5-10-23)18-17-28(29)31-27-14-7-6-11-24(27)15-16-30(31)33-32/h3-16,19,22H,17-18,20-21H2,1-2H3. The number of nitrogens with zero attached hydrogens (tertiary/aromatic N) is 2. The molecule has 35 heavy (non-hydrogen) atoms. The minimum atomic E-state index is 0.136. The molecule has 174 valence electrons. The van der Waals surface area contributed by atoms with E-state index in [9.17, 15) is 0 Å². The van der Waals surface area contributed by atoms with Gasteiger partial charge in [-0.15, -0.1) is 0 Å². The van der Waals surface area contributed by atoms with Crippen molar-refractivity contribution in [1.29, 1.82) is 0 Å². The first-order valence-corrected chi connectivity index (χ1v) is 12.5. The van der Waals surface area contributed by atoms with E-state index in [2.05, 4.69) is 104 Å². The highest BCUT2D eigenvalue weighted by atomic mass is 16.5. The van der Waals surface area contributed by atoms with Crippen LogP contribution in [-0.2, 0) is 19.5 Å². The quantitative estimate of drug-likeness (QED) is 0.257. The van der Waals surface area contributed by atoms with Crippen molar-refractivity contribution in [2.45, 2.75) is 39.5 Å². The lowest BCUT2D eigenvalue weighted by atomic mass is 9.89. The van der Waals surface area contributed by atoms with Gasteiger partial charge in [-0.05, 0) is 65.9 Å². The fraction of sp³-hybridized carbons (Fsp3) is 0.219. The molecule has 0 amide bonds. The van der Waals surface area contributed by atoms with Gasteiger partial charge in [-0.25, -0.2) is 4.98 Å². The van der Waals surface area contributed by atoms with Gasteiger partial charge in [-0.1, -0.05) is 72.8 Å². The summed E-state index contributed by atoms with van der Waals surface area (Å²) in [5.41, 5.74) is 7.41. The maximum absolute atomic E-state index is 6.03. The van der Waals surface area contributed by atoms with Crippen LogP contribution in [0.1, 0.15) is 30.5 Å². The maximum Gasteiger partial charge on any atom is 0.120 e. The number of fused-ring (bicyclic) bond motifs is 5. The number of ether oxygens (including phenoxy) is 1. The second-order valence-corrected chi connectivity index (χ2v) is 9.74. The molecule has 4 aromatic carbocycles. The van der Waals surface area contributed by atoms with Gasteiger partial charge in [-0.2, -0.15) is 0 Å². The summed E-state index contributed by atoms with van der Waals surface area (Å²) in [5.74, 6) is 0.892. The molecule has 0 fully saturated rings. The van der Waals surface area contributed by atoms with Crippen molar-refractivity contribution in [2.75, 3.05) is 6.54 Å². The Morgan fingerprint density at radius 2 is 1.69 bits per heavy atom. The van der Waals surface area contributed by atoms with Crippen molar-refractivity contribution in [1.82, 2.24) is 9.88 Å². The van der Waals surface area contributed by atoms with E-state index in [4.69, 9.17) is 9.72 Å². The molecule has 3 nitrogen and oxygen atoms in total. The van der Waals surface area contributed by atoms with Gasteiger partial charge in [0.05, 0.1) is 17.3 Å². The fourth-order valence-electron chi connectivity index (χ4n) is 5.38. The van der Waals surface area contributed by atoms with Crippen LogP contribution in [-0.4, -0.2) is 22.5 Å². The minimum Gasteiger partial charge on any atom is -0.491 e. The first-order valence-electron chi connectivity index (χ1n) is 12.5. The van der Waals surface area contributed by atoms with Gasteiger partial charge in [0.15, 0.2) is 0 Å². The van der Waals surface area contributed by atoms with Crippen LogP contribution in [0.2, 0.25) is 0 Å². The Bertz CT molecular complexity index is 1510. The number of pyridine rings is 1. The van der Waals surface area contributed by atoms with Crippen molar-refractivity contribution < 1.29 is 4.74 Å². The van der Waals surface area contributed by atoms with E-state index in [1.807, 2.05) is 6.07 Å². The number of rotatable bonds is 5. The van der Waals surface area contributed by atoms with Crippen molar-refractivity contribution in [2.24, 2.45) is 0 Å². The summed E-state index contributed by atoms with van der Waals surface area (Å²) in [6.07, 6.45) is 1.15. The third-order valence-corrected chi connectivity index (χ3v) is 6.88. The van der Waals surface area contributed by atoms with Crippen LogP contribution < -0.4 is 4.74 Å². The van der Waals surface area contributed by atoms with Crippen molar-refractivity contribution in [3.8, 4) is 17.0 Å². The van der Waals surface area contributed by atoms with Crippen LogP contribution in [0.25, 0.3) is 32.9 Å². The smallest absolute Gasteiger partial charge is 0.120 e. The highest BCUT2D eigenvalue weighted by Crippen LogP contribution is 2.38. The zero-order chi connectivity index (χ0) is 23.8. The molecule has 1 aromatic heterocycles. The van der Waals surface area contributed by atoms with Gasteiger partial charge in [0.1, 0.15) is 5.75 Å². The van der Waals surface area contributed by atoms with Gasteiger partial charge >= 0.3 is 0 Å². The fourth-order valence-corrected chi connectivity index (χ4v) is 5.38. The molecule has 0 N–H and O–H groups in total. The molecule has 0 spiro atoms. The number of benzene rings is 4. The van der Waals surface area contributed by atoms with Crippen LogP contribution in [0.4, 0.5) is 0 Å². The molecule has 6 rings (SSSR count). The monoisotopic (exact) mass is 458 g/mol. The predicted octanol–water partition coefficient (Wildman–Crippen LogP) is 7.40. The molecule has 0 aliphatic carbocycles. The van der Waals surface area contributed by atoms with Crippen molar-refractivity contribution in [3.05, 3.63) is 108 Å². The lowest BCUT2D eigenvalue weighted by Gasteiger charge is -2.31. The topological polar surface area (TPSA) is 25.4 Å². The molecule has 0 bridgehead atoms. The Kier molecular flexibility index (Phi) is 5.71. The molecule has 0 saturated carbocycles. The second kappa shape index (κ2) is 9.16. The van der Waals surface area contributed by atoms with Gasteiger partial charge in [0, 0.05) is 30.6 Å². The molecule has 5 aromatic rings. The molecule has 1 aliphatic heterocycles. The molecule has 0 atom stereocenters. The van der Waals surface area contributed by atoms with E-state index in [-0.39, 0.29) is 6.10 Å². The molecular weight excluding hydrogens is 428 g/mol. The van der Waals surface area contributed by atoms with E-state index in [1.165, 1.54) is 32.8 Å². The predicted molar refractivity (Wildman–Crippen MR) is 145 cm³/mol. The van der Waals surface area contributed by atoms with Crippen LogP contribution in [0.5, 0.6) is 5.75 Å². The van der Waals surface area contributed by atoms with Crippen LogP contribution in [0, 0.1) is 0 Å². The summed E-state index contributed by atoms with van der Waals surface area (Å²) in [4.78, 5) is 7.84. The Morgan fingerprint density at radius 1 is 0.857 bits per heavy atom. The Labute approximate surface area is 207 Å². The van der Waals surface area contributed by atoms with Crippen LogP contribution in [0.15, 0.2) is 91.0 Å². The highest BCUT2D eigenvalue weighted by Gasteiger charge is 2.24. The molecular formula is C32H30N2O. The van der Waals surface area contributed by atoms with E-state index < -0.39 is 0 Å². The largest absolute Gasteiger partial charge is 0.491 e. The zero-order valence-corrected chi connectivity index (χ0v) is 20.4. The van der Waals surface area contributed by atoms with E-state index in [0.29, 0.717) is 0 Å². The average Bonchev–Trinajstić information content (AvgIpc) is 2.88. The summed E-state index contributed by atoms with van der Waals surface area (Å²) in [5, 5.41) is 3.89. The van der Waals surface area contributed by atoms with Crippen LogP contribution >= 0.6 is 0 Å². The maximum atomic E-state index is 6.03. The average molecular weight is 459 g/mol. The van der Waals surface area contributed by atoms with Crippen molar-refractivity contribution >= 4 is 21.7 Å². The molecule has 1 aliphatic rings. The molecule has 0 unspecified atom stereocenters. The van der Waals surface area contributed by atoms with E-state index in [1.54, 1.807) is 0 Å². The first-order chi connectivity index (χ1) is 17.2. The number of aromatic nitrogens is 1. The molecule has 0 saturated heterocycles. The van der Waals surface area contributed by atoms with Crippen molar-refractivity contribution in [3.63, 3.8) is 0 Å². The van der Waals surface area contributed by atoms with Crippen LogP contribution in [0.3, 0.4) is 0 Å². The first kappa shape index (κ1) is 21.8. The van der Waals surface area contributed by atoms with Gasteiger partial charge < -0.3 is 4.74 Å². The lowest BCUT2D eigenvalue weighted by Crippen LogP contribution is -2.31. The summed E-state index contributed by atoms with van der Waals surface area (Å²) in [6.45, 7) is 7.01. The molecule has 2 heterocycles. The van der Waals surface area contributed by atoms with Gasteiger partial charge in [-0.3, -0.25) is 4.90 Å². The highest BCUT2D eigenvalue weighted by molar-refractivity contribution is 6.09. The summed E-state index contributed by atoms with van der Waals surface area (Å²) in [6, 6.07) is 32.3. The zero-order valence-electron chi connectivity index (χ0n) is 20.4. The summed E-state index contributed by atoms with van der Waals surface area (Å²) in [7, 11) is 0. The SMILES string of the molecule is CC(C)Oc1cccc(-c2nc3ccc4ccccc4c3c3c2CN(Cc2ccccc2)CC3)c1. The number of hydrogen-bond acceptors (Lipinski definition) is 3. The van der Waals surface area contributed by atoms with Gasteiger partial charge in [0.2, 0.25) is 0 Å². The second-order valence-electron chi connectivity index (χ2n) is 9.74. The number of hydrogen-bond donors (Lipinski definition) is 0. The van der Waals surface area contributed by atoms with Gasteiger partial charge in [0.25, 0.3) is 0 Å². The minimum absolute atomic E-state index is 0.136. The Morgan fingerprint density at radius 3 is 2.54 bits per heavy atom. The van der Waals surface area contributed by atoms with E-state index >= 15 is 0 Å². The normalized spacial score (nSPS) is 13.9. The summed E-state index contributed by atoms with van der Waals surface area (Å²) >= 11 is 0. The molecule has 3 heteroatoms.